The highest BCUT2D eigenvalue weighted by Gasteiger charge is 2.34. The van der Waals surface area contributed by atoms with Crippen LogP contribution in [0.4, 0.5) is 5.69 Å². The number of aryl methyl sites for hydroxylation is 1. The van der Waals surface area contributed by atoms with E-state index >= 15 is 0 Å². The first-order valence-corrected chi connectivity index (χ1v) is 8.53. The number of hydrogen-bond acceptors (Lipinski definition) is 4. The molecule has 1 amide bonds. The van der Waals surface area contributed by atoms with E-state index in [1.807, 2.05) is 13.8 Å². The van der Waals surface area contributed by atoms with E-state index in [0.29, 0.717) is 24.2 Å². The lowest BCUT2D eigenvalue weighted by Gasteiger charge is -2.27. The SMILES string of the molecule is CCN(C(=O)c1cc(C)cc(N)c1)C1CCS(=O)(=O)C1. The number of nitrogen functional groups attached to an aromatic ring is 1. The van der Waals surface area contributed by atoms with Gasteiger partial charge in [-0.25, -0.2) is 8.42 Å². The largest absolute Gasteiger partial charge is 0.399 e. The Morgan fingerprint density at radius 2 is 2.10 bits per heavy atom. The maximum atomic E-state index is 12.6. The Kier molecular flexibility index (Phi) is 4.04. The van der Waals surface area contributed by atoms with E-state index < -0.39 is 9.84 Å². The maximum absolute atomic E-state index is 12.6. The van der Waals surface area contributed by atoms with Gasteiger partial charge in [-0.2, -0.15) is 0 Å². The lowest BCUT2D eigenvalue weighted by molar-refractivity contribution is 0.0708. The van der Waals surface area contributed by atoms with Gasteiger partial charge in [-0.3, -0.25) is 4.79 Å². The Morgan fingerprint density at radius 3 is 2.60 bits per heavy atom. The van der Waals surface area contributed by atoms with Gasteiger partial charge in [0.05, 0.1) is 11.5 Å². The molecule has 1 aromatic carbocycles. The Balaban J connectivity index is 2.25. The average Bonchev–Trinajstić information content (AvgIpc) is 2.69. The summed E-state index contributed by atoms with van der Waals surface area (Å²) < 4.78 is 23.1. The van der Waals surface area contributed by atoms with E-state index in [-0.39, 0.29) is 23.5 Å². The summed E-state index contributed by atoms with van der Waals surface area (Å²) in [6, 6.07) is 5.00. The monoisotopic (exact) mass is 296 g/mol. The molecule has 5 nitrogen and oxygen atoms in total. The zero-order valence-corrected chi connectivity index (χ0v) is 12.6. The highest BCUT2D eigenvalue weighted by molar-refractivity contribution is 7.91. The minimum atomic E-state index is -3.00. The normalized spacial score (nSPS) is 20.8. The summed E-state index contributed by atoms with van der Waals surface area (Å²) in [4.78, 5) is 14.2. The number of sulfone groups is 1. The second-order valence-electron chi connectivity index (χ2n) is 5.28. The highest BCUT2D eigenvalue weighted by Crippen LogP contribution is 2.21. The van der Waals surface area contributed by atoms with E-state index in [1.165, 1.54) is 0 Å². The minimum Gasteiger partial charge on any atom is -0.399 e. The van der Waals surface area contributed by atoms with Crippen LogP contribution in [0.3, 0.4) is 0 Å². The fraction of sp³-hybridized carbons (Fsp3) is 0.500. The van der Waals surface area contributed by atoms with Crippen molar-refractivity contribution in [2.75, 3.05) is 23.8 Å². The molecule has 0 aromatic heterocycles. The first kappa shape index (κ1) is 14.8. The number of amides is 1. The molecule has 0 bridgehead atoms. The van der Waals surface area contributed by atoms with Gasteiger partial charge in [0.25, 0.3) is 5.91 Å². The van der Waals surface area contributed by atoms with Crippen molar-refractivity contribution in [2.45, 2.75) is 26.3 Å². The predicted molar refractivity (Wildman–Crippen MR) is 79.4 cm³/mol. The second kappa shape index (κ2) is 5.44. The number of nitrogens with two attached hydrogens (primary N) is 1. The molecule has 110 valence electrons. The Morgan fingerprint density at radius 1 is 1.40 bits per heavy atom. The lowest BCUT2D eigenvalue weighted by Crippen LogP contribution is -2.41. The van der Waals surface area contributed by atoms with Crippen LogP contribution in [-0.2, 0) is 9.84 Å². The molecule has 20 heavy (non-hydrogen) atoms. The molecule has 0 saturated carbocycles. The van der Waals surface area contributed by atoms with Crippen molar-refractivity contribution in [3.05, 3.63) is 29.3 Å². The minimum absolute atomic E-state index is 0.0634. The molecule has 1 atom stereocenters. The smallest absolute Gasteiger partial charge is 0.254 e. The van der Waals surface area contributed by atoms with Gasteiger partial charge in [0, 0.05) is 23.8 Å². The summed E-state index contributed by atoms with van der Waals surface area (Å²) in [5, 5.41) is 0. The Hall–Kier alpha value is -1.56. The number of hydrogen-bond donors (Lipinski definition) is 1. The first-order chi connectivity index (χ1) is 9.32. The number of carbonyl (C=O) groups is 1. The van der Waals surface area contributed by atoms with Crippen molar-refractivity contribution >= 4 is 21.4 Å². The fourth-order valence-electron chi connectivity index (χ4n) is 2.69. The van der Waals surface area contributed by atoms with Crippen molar-refractivity contribution in [3.63, 3.8) is 0 Å². The number of nitrogens with zero attached hydrogens (tertiary/aromatic N) is 1. The van der Waals surface area contributed by atoms with Crippen molar-refractivity contribution in [1.29, 1.82) is 0 Å². The summed E-state index contributed by atoms with van der Waals surface area (Å²) in [6.07, 6.45) is 0.517. The third-order valence-corrected chi connectivity index (χ3v) is 5.35. The lowest BCUT2D eigenvalue weighted by atomic mass is 10.1. The molecule has 2 N–H and O–H groups in total. The van der Waals surface area contributed by atoms with Crippen LogP contribution in [0.15, 0.2) is 18.2 Å². The molecule has 0 radical (unpaired) electrons. The Labute approximate surface area is 119 Å². The predicted octanol–water partition coefficient (Wildman–Crippen LogP) is 1.23. The number of benzene rings is 1. The highest BCUT2D eigenvalue weighted by atomic mass is 32.2. The van der Waals surface area contributed by atoms with E-state index in [1.54, 1.807) is 23.1 Å². The average molecular weight is 296 g/mol. The van der Waals surface area contributed by atoms with Crippen molar-refractivity contribution < 1.29 is 13.2 Å². The van der Waals surface area contributed by atoms with Gasteiger partial charge in [0.2, 0.25) is 0 Å². The van der Waals surface area contributed by atoms with Gasteiger partial charge >= 0.3 is 0 Å². The number of rotatable bonds is 3. The first-order valence-electron chi connectivity index (χ1n) is 6.71. The van der Waals surface area contributed by atoms with E-state index in [0.717, 1.165) is 5.56 Å². The third kappa shape index (κ3) is 3.12. The van der Waals surface area contributed by atoms with Crippen LogP contribution in [0, 0.1) is 6.92 Å². The molecule has 1 aliphatic heterocycles. The summed E-state index contributed by atoms with van der Waals surface area (Å²) in [5.74, 6) is 0.0793. The van der Waals surface area contributed by atoms with Crippen LogP contribution in [0.1, 0.15) is 29.3 Å². The molecule has 1 unspecified atom stereocenters. The molecular weight excluding hydrogens is 276 g/mol. The van der Waals surface area contributed by atoms with Gasteiger partial charge in [-0.1, -0.05) is 0 Å². The third-order valence-electron chi connectivity index (χ3n) is 3.60. The summed E-state index contributed by atoms with van der Waals surface area (Å²) in [5.41, 5.74) is 7.76. The molecule has 1 aliphatic rings. The van der Waals surface area contributed by atoms with Gasteiger partial charge in [0.1, 0.15) is 0 Å². The van der Waals surface area contributed by atoms with Crippen LogP contribution in [0.2, 0.25) is 0 Å². The van der Waals surface area contributed by atoms with Crippen LogP contribution >= 0.6 is 0 Å². The molecule has 1 fully saturated rings. The van der Waals surface area contributed by atoms with Crippen molar-refractivity contribution in [3.8, 4) is 0 Å². The zero-order chi connectivity index (χ0) is 14.9. The fourth-order valence-corrected chi connectivity index (χ4v) is 4.42. The number of anilines is 1. The summed E-state index contributed by atoms with van der Waals surface area (Å²) in [7, 11) is -3.00. The molecule has 0 spiro atoms. The molecule has 1 heterocycles. The van der Waals surface area contributed by atoms with Gasteiger partial charge in [0.15, 0.2) is 9.84 Å². The van der Waals surface area contributed by atoms with Crippen LogP contribution < -0.4 is 5.73 Å². The quantitative estimate of drug-likeness (QED) is 0.851. The van der Waals surface area contributed by atoms with E-state index in [9.17, 15) is 13.2 Å². The number of carbonyl (C=O) groups excluding carboxylic acids is 1. The standard InChI is InChI=1S/C14H20N2O3S/c1-3-16(13-4-5-20(18,19)9-13)14(17)11-6-10(2)7-12(15)8-11/h6-8,13H,3-5,9,15H2,1-2H3. The maximum Gasteiger partial charge on any atom is 0.254 e. The molecule has 1 aromatic rings. The topological polar surface area (TPSA) is 80.5 Å². The van der Waals surface area contributed by atoms with Crippen LogP contribution in [0.25, 0.3) is 0 Å². The van der Waals surface area contributed by atoms with Gasteiger partial charge < -0.3 is 10.6 Å². The van der Waals surface area contributed by atoms with Crippen molar-refractivity contribution in [2.24, 2.45) is 0 Å². The summed E-state index contributed by atoms with van der Waals surface area (Å²) in [6.45, 7) is 4.23. The zero-order valence-electron chi connectivity index (χ0n) is 11.8. The summed E-state index contributed by atoms with van der Waals surface area (Å²) >= 11 is 0. The molecule has 6 heteroatoms. The molecule has 1 saturated heterocycles. The molecule has 0 aliphatic carbocycles. The molecular formula is C14H20N2O3S. The second-order valence-corrected chi connectivity index (χ2v) is 7.51. The Bertz CT molecular complexity index is 605. The van der Waals surface area contributed by atoms with E-state index in [2.05, 4.69) is 0 Å². The van der Waals surface area contributed by atoms with Gasteiger partial charge in [-0.05, 0) is 44.0 Å². The van der Waals surface area contributed by atoms with Crippen molar-refractivity contribution in [1.82, 2.24) is 4.90 Å². The van der Waals surface area contributed by atoms with E-state index in [4.69, 9.17) is 5.73 Å². The van der Waals surface area contributed by atoms with Crippen LogP contribution in [0.5, 0.6) is 0 Å². The van der Waals surface area contributed by atoms with Gasteiger partial charge in [-0.15, -0.1) is 0 Å². The molecule has 2 rings (SSSR count). The van der Waals surface area contributed by atoms with Crippen LogP contribution in [-0.4, -0.2) is 43.3 Å².